The van der Waals surface area contributed by atoms with Crippen molar-refractivity contribution in [3.63, 3.8) is 0 Å². The predicted octanol–water partition coefficient (Wildman–Crippen LogP) is -1.39. The Morgan fingerprint density at radius 1 is 0.882 bits per heavy atom. The Kier molecular flexibility index (Phi) is 24.2. The van der Waals surface area contributed by atoms with Gasteiger partial charge in [-0.15, -0.1) is 11.8 Å². The molecule has 20 heteroatoms. The van der Waals surface area contributed by atoms with Gasteiger partial charge in [0.25, 0.3) is 0 Å². The topological polar surface area (TPSA) is 257 Å². The molecule has 51 heavy (non-hydrogen) atoms. The van der Waals surface area contributed by atoms with E-state index >= 15 is 0 Å². The lowest BCUT2D eigenvalue weighted by Crippen LogP contribution is -2.37. The molecule has 0 bridgehead atoms. The molecular formula is C31H53N5O14S. The standard InChI is InChI=1S/C31H53N5O14S/c1-4-22(18-37)50-28(46-3)19-49-31(45)35-8-5-24(38)32-9-10-33-26(40)7-13-47-15-16-48-14-11-34-25(39)6-12-36-27(41)17-23(29(36)42)51-20-21(2)30(43)44/h21-23,28,37H,4-20H2,1-3H3,(H,32,38)(H,33,40)(H,34,39)(H,35,45)(H,43,44). The maximum Gasteiger partial charge on any atom is 0.407 e. The van der Waals surface area contributed by atoms with Gasteiger partial charge in [-0.2, -0.15) is 0 Å². The number of methoxy groups -OCH3 is 1. The molecule has 0 aliphatic carbocycles. The normalized spacial score (nSPS) is 15.9. The van der Waals surface area contributed by atoms with Crippen molar-refractivity contribution in [2.75, 3.05) is 85.2 Å². The van der Waals surface area contributed by atoms with E-state index in [1.165, 1.54) is 14.0 Å². The Labute approximate surface area is 301 Å². The van der Waals surface area contributed by atoms with E-state index in [-0.39, 0.29) is 127 Å². The van der Waals surface area contributed by atoms with Gasteiger partial charge < -0.3 is 55.2 Å². The molecule has 0 aromatic rings. The molecule has 1 heterocycles. The quantitative estimate of drug-likeness (QED) is 0.0292. The van der Waals surface area contributed by atoms with Gasteiger partial charge in [-0.3, -0.25) is 33.7 Å². The number of rotatable bonds is 29. The van der Waals surface area contributed by atoms with Gasteiger partial charge in [0, 0.05) is 71.3 Å². The van der Waals surface area contributed by atoms with Crippen LogP contribution in [0.5, 0.6) is 0 Å². The minimum Gasteiger partial charge on any atom is -0.481 e. The SMILES string of the molecule is CCC(CO)OC(COC(=O)NCCC(=O)NCCNC(=O)CCOCCOCCNC(=O)CCN1C(=O)CC(SCC(C)C(=O)O)C1=O)OC. The number of carbonyl (C=O) groups excluding carboxylic acids is 6. The van der Waals surface area contributed by atoms with Crippen molar-refractivity contribution in [1.82, 2.24) is 26.2 Å². The van der Waals surface area contributed by atoms with E-state index in [4.69, 9.17) is 28.8 Å². The summed E-state index contributed by atoms with van der Waals surface area (Å²) >= 11 is 1.14. The van der Waals surface area contributed by atoms with Crippen LogP contribution in [0.2, 0.25) is 0 Å². The molecule has 0 radical (unpaired) electrons. The summed E-state index contributed by atoms with van der Waals surface area (Å²) in [5.41, 5.74) is 0. The van der Waals surface area contributed by atoms with Crippen LogP contribution in [0.1, 0.15) is 46.0 Å². The zero-order valence-electron chi connectivity index (χ0n) is 29.5. The van der Waals surface area contributed by atoms with Crippen molar-refractivity contribution in [1.29, 1.82) is 0 Å². The molecule has 6 N–H and O–H groups in total. The number of thioether (sulfide) groups is 1. The fourth-order valence-corrected chi connectivity index (χ4v) is 5.29. The highest BCUT2D eigenvalue weighted by atomic mass is 32.2. The zero-order valence-corrected chi connectivity index (χ0v) is 30.3. The Bertz CT molecular complexity index is 1110. The average molecular weight is 752 g/mol. The van der Waals surface area contributed by atoms with Crippen LogP contribution in [0.15, 0.2) is 0 Å². The third kappa shape index (κ3) is 20.8. The fraction of sp³-hybridized carbons (Fsp3) is 0.774. The number of nitrogens with zero attached hydrogens (tertiary/aromatic N) is 1. The van der Waals surface area contributed by atoms with Crippen LogP contribution in [0.4, 0.5) is 4.79 Å². The maximum atomic E-state index is 12.5. The molecule has 19 nitrogen and oxygen atoms in total. The Balaban J connectivity index is 1.99. The maximum absolute atomic E-state index is 12.5. The van der Waals surface area contributed by atoms with Crippen LogP contribution < -0.4 is 21.3 Å². The van der Waals surface area contributed by atoms with Crippen molar-refractivity contribution in [3.05, 3.63) is 0 Å². The molecule has 0 aromatic heterocycles. The summed E-state index contributed by atoms with van der Waals surface area (Å²) in [6.45, 7) is 4.40. The molecule has 4 unspecified atom stereocenters. The summed E-state index contributed by atoms with van der Waals surface area (Å²) in [4.78, 5) is 84.4. The molecule has 0 aromatic carbocycles. The first-order chi connectivity index (χ1) is 24.4. The number of likely N-dealkylation sites (tertiary alicyclic amines) is 1. The molecule has 1 aliphatic heterocycles. The van der Waals surface area contributed by atoms with Gasteiger partial charge >= 0.3 is 12.1 Å². The van der Waals surface area contributed by atoms with E-state index in [9.17, 15) is 38.7 Å². The number of aliphatic carboxylic acids is 1. The molecule has 1 saturated heterocycles. The van der Waals surface area contributed by atoms with E-state index in [0.717, 1.165) is 16.7 Å². The van der Waals surface area contributed by atoms with Crippen molar-refractivity contribution in [2.45, 2.75) is 63.6 Å². The number of ether oxygens (including phenoxy) is 5. The number of carboxylic acids is 1. The van der Waals surface area contributed by atoms with Crippen molar-refractivity contribution >= 4 is 53.4 Å². The third-order valence-corrected chi connectivity index (χ3v) is 8.62. The Morgan fingerprint density at radius 3 is 2.14 bits per heavy atom. The first-order valence-electron chi connectivity index (χ1n) is 16.8. The second-order valence-electron chi connectivity index (χ2n) is 11.2. The van der Waals surface area contributed by atoms with Gasteiger partial charge in [-0.25, -0.2) is 4.79 Å². The highest BCUT2D eigenvalue weighted by Gasteiger charge is 2.39. The molecule has 6 amide bonds. The predicted molar refractivity (Wildman–Crippen MR) is 181 cm³/mol. The van der Waals surface area contributed by atoms with E-state index in [0.29, 0.717) is 6.42 Å². The summed E-state index contributed by atoms with van der Waals surface area (Å²) in [6.07, 6.45) is -1.43. The zero-order chi connectivity index (χ0) is 38.0. The van der Waals surface area contributed by atoms with Crippen LogP contribution in [0, 0.1) is 5.92 Å². The van der Waals surface area contributed by atoms with Gasteiger partial charge in [-0.05, 0) is 6.42 Å². The summed E-state index contributed by atoms with van der Waals surface area (Å²) in [5, 5.41) is 27.9. The molecule has 0 saturated carbocycles. The van der Waals surface area contributed by atoms with E-state index in [1.54, 1.807) is 0 Å². The number of nitrogens with one attached hydrogen (secondary N) is 4. The fourth-order valence-electron chi connectivity index (χ4n) is 4.10. The van der Waals surface area contributed by atoms with Gasteiger partial charge in [0.15, 0.2) is 6.29 Å². The lowest BCUT2D eigenvalue weighted by molar-refractivity contribution is -0.181. The molecule has 1 aliphatic rings. The van der Waals surface area contributed by atoms with Gasteiger partial charge in [-0.1, -0.05) is 13.8 Å². The second-order valence-corrected chi connectivity index (χ2v) is 12.4. The average Bonchev–Trinajstić information content (AvgIpc) is 3.38. The highest BCUT2D eigenvalue weighted by Crippen LogP contribution is 2.27. The second kappa shape index (κ2) is 27.1. The van der Waals surface area contributed by atoms with E-state index < -0.39 is 41.5 Å². The van der Waals surface area contributed by atoms with Crippen LogP contribution in [-0.4, -0.2) is 160 Å². The smallest absolute Gasteiger partial charge is 0.407 e. The van der Waals surface area contributed by atoms with E-state index in [1.807, 2.05) is 6.92 Å². The van der Waals surface area contributed by atoms with Gasteiger partial charge in [0.1, 0.15) is 6.61 Å². The number of alkyl carbamates (subject to hydrolysis) is 1. The largest absolute Gasteiger partial charge is 0.481 e. The number of carboxylic acid groups (broad SMARTS) is 1. The number of carbonyl (C=O) groups is 7. The third-order valence-electron chi connectivity index (χ3n) is 7.16. The van der Waals surface area contributed by atoms with Crippen molar-refractivity contribution < 1.29 is 67.5 Å². The van der Waals surface area contributed by atoms with Crippen LogP contribution in [0.3, 0.4) is 0 Å². The molecule has 4 atom stereocenters. The van der Waals surface area contributed by atoms with Crippen LogP contribution in [0.25, 0.3) is 0 Å². The minimum atomic E-state index is -0.972. The van der Waals surface area contributed by atoms with Crippen molar-refractivity contribution in [2.24, 2.45) is 5.92 Å². The summed E-state index contributed by atoms with van der Waals surface area (Å²) in [7, 11) is 1.38. The first-order valence-corrected chi connectivity index (χ1v) is 17.8. The Hall–Kier alpha value is -3.56. The van der Waals surface area contributed by atoms with Gasteiger partial charge in [0.05, 0.1) is 50.3 Å². The Morgan fingerprint density at radius 2 is 1.51 bits per heavy atom. The number of hydrogen-bond acceptors (Lipinski definition) is 14. The molecular weight excluding hydrogens is 698 g/mol. The number of hydrogen-bond donors (Lipinski definition) is 6. The number of aliphatic hydroxyl groups excluding tert-OH is 1. The van der Waals surface area contributed by atoms with Crippen LogP contribution >= 0.6 is 11.8 Å². The lowest BCUT2D eigenvalue weighted by Gasteiger charge is -2.21. The lowest BCUT2D eigenvalue weighted by atomic mass is 10.2. The monoisotopic (exact) mass is 751 g/mol. The highest BCUT2D eigenvalue weighted by molar-refractivity contribution is 8.00. The summed E-state index contributed by atoms with van der Waals surface area (Å²) < 4.78 is 26.2. The van der Waals surface area contributed by atoms with Gasteiger partial charge in [0.2, 0.25) is 29.5 Å². The summed E-state index contributed by atoms with van der Waals surface area (Å²) in [6, 6.07) is 0. The number of amides is 6. The summed E-state index contributed by atoms with van der Waals surface area (Å²) in [5.74, 6) is -3.13. The number of aliphatic hydroxyl groups is 1. The molecule has 1 fully saturated rings. The molecule has 1 rings (SSSR count). The van der Waals surface area contributed by atoms with E-state index in [2.05, 4.69) is 21.3 Å². The number of imide groups is 1. The van der Waals surface area contributed by atoms with Crippen molar-refractivity contribution in [3.8, 4) is 0 Å². The first kappa shape index (κ1) is 45.5. The molecule has 292 valence electrons. The minimum absolute atomic E-state index is 0.000182. The molecule has 0 spiro atoms. The van der Waals surface area contributed by atoms with Crippen LogP contribution in [-0.2, 0) is 52.5 Å².